The van der Waals surface area contributed by atoms with E-state index in [0.29, 0.717) is 6.54 Å². The van der Waals surface area contributed by atoms with Crippen LogP contribution in [-0.4, -0.2) is 4.98 Å². The summed E-state index contributed by atoms with van der Waals surface area (Å²) < 4.78 is 0. The highest BCUT2D eigenvalue weighted by Crippen LogP contribution is 2.30. The number of aryl methyl sites for hydroxylation is 1. The molecule has 0 fully saturated rings. The minimum absolute atomic E-state index is 0.584. The van der Waals surface area contributed by atoms with Gasteiger partial charge in [-0.05, 0) is 23.3 Å². The Bertz CT molecular complexity index is 731. The van der Waals surface area contributed by atoms with Crippen molar-refractivity contribution in [3.63, 3.8) is 0 Å². The van der Waals surface area contributed by atoms with E-state index in [4.69, 9.17) is 10.7 Å². The van der Waals surface area contributed by atoms with Crippen LogP contribution in [0.1, 0.15) is 23.9 Å². The largest absolute Gasteiger partial charge is 0.326 e. The maximum Gasteiger partial charge on any atom is 0.123 e. The van der Waals surface area contributed by atoms with Gasteiger partial charge in [0.1, 0.15) is 5.01 Å². The van der Waals surface area contributed by atoms with E-state index in [1.165, 1.54) is 26.9 Å². The molecular formula is C17H18N2S. The Labute approximate surface area is 123 Å². The van der Waals surface area contributed by atoms with Gasteiger partial charge in [-0.1, -0.05) is 49.7 Å². The Kier molecular flexibility index (Phi) is 3.81. The summed E-state index contributed by atoms with van der Waals surface area (Å²) in [6.45, 7) is 2.76. The zero-order chi connectivity index (χ0) is 13.9. The summed E-state index contributed by atoms with van der Waals surface area (Å²) in [5, 5.41) is 3.60. The van der Waals surface area contributed by atoms with Gasteiger partial charge < -0.3 is 5.73 Å². The van der Waals surface area contributed by atoms with Crippen LogP contribution in [0.4, 0.5) is 0 Å². The number of hydrogen-bond donors (Lipinski definition) is 1. The molecule has 3 aromatic rings. The van der Waals surface area contributed by atoms with Gasteiger partial charge in [0.2, 0.25) is 0 Å². The third kappa shape index (κ3) is 2.47. The molecule has 0 saturated heterocycles. The van der Waals surface area contributed by atoms with Crippen LogP contribution in [0, 0.1) is 0 Å². The Morgan fingerprint density at radius 1 is 1.10 bits per heavy atom. The van der Waals surface area contributed by atoms with Crippen molar-refractivity contribution in [3.8, 4) is 10.6 Å². The van der Waals surface area contributed by atoms with E-state index in [2.05, 4.69) is 49.4 Å². The molecule has 3 rings (SSSR count). The van der Waals surface area contributed by atoms with Crippen LogP contribution < -0.4 is 5.73 Å². The summed E-state index contributed by atoms with van der Waals surface area (Å²) in [6.07, 6.45) is 2.12. The maximum absolute atomic E-state index is 5.83. The molecule has 0 aliphatic rings. The molecule has 3 heteroatoms. The molecule has 0 spiro atoms. The van der Waals surface area contributed by atoms with Crippen molar-refractivity contribution < 1.29 is 0 Å². The van der Waals surface area contributed by atoms with Gasteiger partial charge >= 0.3 is 0 Å². The average molecular weight is 282 g/mol. The van der Waals surface area contributed by atoms with Crippen LogP contribution in [0.15, 0.2) is 42.5 Å². The van der Waals surface area contributed by atoms with Crippen molar-refractivity contribution >= 4 is 22.1 Å². The number of rotatable bonds is 4. The van der Waals surface area contributed by atoms with Crippen LogP contribution in [0.3, 0.4) is 0 Å². The lowest BCUT2D eigenvalue weighted by Gasteiger charge is -2.00. The van der Waals surface area contributed by atoms with Crippen molar-refractivity contribution in [3.05, 3.63) is 53.0 Å². The summed E-state index contributed by atoms with van der Waals surface area (Å²) in [5.41, 5.74) is 8.19. The predicted molar refractivity (Wildman–Crippen MR) is 86.9 cm³/mol. The highest BCUT2D eigenvalue weighted by Gasteiger charge is 2.11. The standard InChI is InChI=1S/C17H18N2S/c1-2-5-15-16(11-18)20-17(19-15)14-9-8-12-6-3-4-7-13(12)10-14/h3-4,6-10H,2,5,11,18H2,1H3. The van der Waals surface area contributed by atoms with E-state index in [9.17, 15) is 0 Å². The molecule has 0 aliphatic carbocycles. The van der Waals surface area contributed by atoms with E-state index in [0.717, 1.165) is 17.8 Å². The molecule has 1 heterocycles. The Morgan fingerprint density at radius 3 is 2.65 bits per heavy atom. The van der Waals surface area contributed by atoms with Gasteiger partial charge in [0.15, 0.2) is 0 Å². The van der Waals surface area contributed by atoms with Crippen molar-refractivity contribution in [1.29, 1.82) is 0 Å². The fourth-order valence-corrected chi connectivity index (χ4v) is 3.40. The van der Waals surface area contributed by atoms with Crippen LogP contribution in [0.5, 0.6) is 0 Å². The molecule has 102 valence electrons. The number of hydrogen-bond acceptors (Lipinski definition) is 3. The topological polar surface area (TPSA) is 38.9 Å². The Morgan fingerprint density at radius 2 is 1.90 bits per heavy atom. The molecule has 2 aromatic carbocycles. The van der Waals surface area contributed by atoms with Crippen molar-refractivity contribution in [2.24, 2.45) is 5.73 Å². The first kappa shape index (κ1) is 13.3. The van der Waals surface area contributed by atoms with E-state index in [1.54, 1.807) is 11.3 Å². The van der Waals surface area contributed by atoms with Crippen LogP contribution >= 0.6 is 11.3 Å². The van der Waals surface area contributed by atoms with E-state index < -0.39 is 0 Å². The van der Waals surface area contributed by atoms with Gasteiger partial charge in [-0.25, -0.2) is 4.98 Å². The van der Waals surface area contributed by atoms with E-state index >= 15 is 0 Å². The van der Waals surface area contributed by atoms with Crippen molar-refractivity contribution in [2.45, 2.75) is 26.3 Å². The summed E-state index contributed by atoms with van der Waals surface area (Å²) >= 11 is 1.72. The molecule has 0 atom stereocenters. The molecular weight excluding hydrogens is 264 g/mol. The van der Waals surface area contributed by atoms with Crippen molar-refractivity contribution in [2.75, 3.05) is 0 Å². The minimum atomic E-state index is 0.584. The normalized spacial score (nSPS) is 11.1. The average Bonchev–Trinajstić information content (AvgIpc) is 2.90. The molecule has 0 amide bonds. The number of thiazole rings is 1. The highest BCUT2D eigenvalue weighted by atomic mass is 32.1. The molecule has 0 bridgehead atoms. The predicted octanol–water partition coefficient (Wildman–Crippen LogP) is 4.37. The molecule has 2 N–H and O–H groups in total. The minimum Gasteiger partial charge on any atom is -0.326 e. The second kappa shape index (κ2) is 5.73. The number of fused-ring (bicyclic) bond motifs is 1. The summed E-state index contributed by atoms with van der Waals surface area (Å²) in [5.74, 6) is 0. The third-order valence-electron chi connectivity index (χ3n) is 3.45. The summed E-state index contributed by atoms with van der Waals surface area (Å²) in [4.78, 5) is 6.00. The molecule has 0 radical (unpaired) electrons. The van der Waals surface area contributed by atoms with Gasteiger partial charge in [0.05, 0.1) is 5.69 Å². The highest BCUT2D eigenvalue weighted by molar-refractivity contribution is 7.15. The first-order valence-electron chi connectivity index (χ1n) is 6.99. The molecule has 2 nitrogen and oxygen atoms in total. The van der Waals surface area contributed by atoms with Gasteiger partial charge in [0, 0.05) is 17.0 Å². The van der Waals surface area contributed by atoms with E-state index in [1.807, 2.05) is 0 Å². The third-order valence-corrected chi connectivity index (χ3v) is 4.62. The number of nitrogens with two attached hydrogens (primary N) is 1. The quantitative estimate of drug-likeness (QED) is 0.771. The molecule has 1 aromatic heterocycles. The van der Waals surface area contributed by atoms with E-state index in [-0.39, 0.29) is 0 Å². The smallest absolute Gasteiger partial charge is 0.123 e. The molecule has 0 unspecified atom stereocenters. The van der Waals surface area contributed by atoms with Gasteiger partial charge in [-0.2, -0.15) is 0 Å². The maximum atomic E-state index is 5.83. The van der Waals surface area contributed by atoms with Gasteiger partial charge in [0.25, 0.3) is 0 Å². The Hall–Kier alpha value is -1.71. The zero-order valence-corrected chi connectivity index (χ0v) is 12.4. The van der Waals surface area contributed by atoms with Crippen LogP contribution in [0.2, 0.25) is 0 Å². The lowest BCUT2D eigenvalue weighted by atomic mass is 10.1. The summed E-state index contributed by atoms with van der Waals surface area (Å²) in [6, 6.07) is 14.9. The fraction of sp³-hybridized carbons (Fsp3) is 0.235. The second-order valence-corrected chi connectivity index (χ2v) is 5.99. The molecule has 20 heavy (non-hydrogen) atoms. The zero-order valence-electron chi connectivity index (χ0n) is 11.6. The van der Waals surface area contributed by atoms with Gasteiger partial charge in [-0.3, -0.25) is 0 Å². The number of nitrogens with zero attached hydrogens (tertiary/aromatic N) is 1. The SMILES string of the molecule is CCCc1nc(-c2ccc3ccccc3c2)sc1CN. The van der Waals surface area contributed by atoms with Crippen molar-refractivity contribution in [1.82, 2.24) is 4.98 Å². The van der Waals surface area contributed by atoms with Crippen LogP contribution in [-0.2, 0) is 13.0 Å². The van der Waals surface area contributed by atoms with Gasteiger partial charge in [-0.15, -0.1) is 11.3 Å². The summed E-state index contributed by atoms with van der Waals surface area (Å²) in [7, 11) is 0. The first-order valence-corrected chi connectivity index (χ1v) is 7.81. The number of benzene rings is 2. The lowest BCUT2D eigenvalue weighted by Crippen LogP contribution is -1.97. The molecule has 0 saturated carbocycles. The first-order chi connectivity index (χ1) is 9.81. The second-order valence-electron chi connectivity index (χ2n) is 4.90. The fourth-order valence-electron chi connectivity index (χ4n) is 2.42. The van der Waals surface area contributed by atoms with Crippen LogP contribution in [0.25, 0.3) is 21.3 Å². The monoisotopic (exact) mass is 282 g/mol. The number of aromatic nitrogens is 1. The Balaban J connectivity index is 2.05. The lowest BCUT2D eigenvalue weighted by molar-refractivity contribution is 0.872. The molecule has 0 aliphatic heterocycles.